The summed E-state index contributed by atoms with van der Waals surface area (Å²) in [6, 6.07) is -0.462. The number of nitrogens with one attached hydrogen (secondary N) is 2. The fraction of sp³-hybridized carbons (Fsp3) is 0.800. The third-order valence-corrected chi connectivity index (χ3v) is 2.46. The Morgan fingerprint density at radius 3 is 2.47 bits per heavy atom. The number of rotatable bonds is 1. The minimum absolute atomic E-state index is 0.105. The maximum atomic E-state index is 11.2. The lowest BCUT2D eigenvalue weighted by atomic mass is 9.98. The molecule has 15 heavy (non-hydrogen) atoms. The van der Waals surface area contributed by atoms with Crippen molar-refractivity contribution in [3.63, 3.8) is 0 Å². The Kier molecular flexibility index (Phi) is 4.39. The molecule has 1 saturated carbocycles. The van der Waals surface area contributed by atoms with Crippen molar-refractivity contribution >= 4 is 12.1 Å². The van der Waals surface area contributed by atoms with Crippen molar-refractivity contribution in [2.24, 2.45) is 0 Å². The van der Waals surface area contributed by atoms with E-state index in [4.69, 9.17) is 10.1 Å². The van der Waals surface area contributed by atoms with E-state index >= 15 is 0 Å². The van der Waals surface area contributed by atoms with Crippen LogP contribution in [-0.2, 0) is 4.74 Å². The summed E-state index contributed by atoms with van der Waals surface area (Å²) in [5.74, 6) is 0. The van der Waals surface area contributed by atoms with E-state index in [1.807, 2.05) is 0 Å². The summed E-state index contributed by atoms with van der Waals surface area (Å²) in [6.45, 7) is 0. The molecule has 86 valence electrons. The topological polar surface area (TPSA) is 65.4 Å². The molecule has 0 aromatic carbocycles. The SMILES string of the molecule is CN(C)C(=O)NC(=N)OC1CCCCC1. The van der Waals surface area contributed by atoms with Gasteiger partial charge in [-0.05, 0) is 25.7 Å². The van der Waals surface area contributed by atoms with Crippen LogP contribution in [0.5, 0.6) is 0 Å². The van der Waals surface area contributed by atoms with Crippen molar-refractivity contribution in [2.75, 3.05) is 14.1 Å². The van der Waals surface area contributed by atoms with Crippen LogP contribution >= 0.6 is 0 Å². The first-order valence-electron chi connectivity index (χ1n) is 5.33. The third-order valence-electron chi connectivity index (χ3n) is 2.46. The average molecular weight is 213 g/mol. The molecule has 1 aliphatic rings. The van der Waals surface area contributed by atoms with E-state index in [-0.39, 0.29) is 18.2 Å². The van der Waals surface area contributed by atoms with E-state index in [2.05, 4.69) is 5.32 Å². The lowest BCUT2D eigenvalue weighted by molar-refractivity contribution is 0.133. The quantitative estimate of drug-likeness (QED) is 0.512. The number of carbonyl (C=O) groups excluding carboxylic acids is 1. The van der Waals surface area contributed by atoms with Crippen LogP contribution in [0.3, 0.4) is 0 Å². The van der Waals surface area contributed by atoms with Gasteiger partial charge in [-0.15, -0.1) is 0 Å². The van der Waals surface area contributed by atoms with Gasteiger partial charge < -0.3 is 9.64 Å². The van der Waals surface area contributed by atoms with Crippen LogP contribution in [0.4, 0.5) is 4.79 Å². The van der Waals surface area contributed by atoms with Gasteiger partial charge in [-0.3, -0.25) is 10.7 Å². The zero-order chi connectivity index (χ0) is 11.3. The first kappa shape index (κ1) is 11.8. The van der Waals surface area contributed by atoms with Crippen LogP contribution in [0.25, 0.3) is 0 Å². The normalized spacial score (nSPS) is 16.9. The Hall–Kier alpha value is -1.26. The lowest BCUT2D eigenvalue weighted by Crippen LogP contribution is -2.41. The Balaban J connectivity index is 2.25. The van der Waals surface area contributed by atoms with Gasteiger partial charge in [0.25, 0.3) is 6.02 Å². The number of amides is 2. The Bertz CT molecular complexity index is 235. The molecule has 1 rings (SSSR count). The average Bonchev–Trinajstić information content (AvgIpc) is 2.18. The number of hydrogen-bond donors (Lipinski definition) is 2. The van der Waals surface area contributed by atoms with E-state index in [1.165, 1.54) is 11.3 Å². The summed E-state index contributed by atoms with van der Waals surface area (Å²) in [4.78, 5) is 12.6. The van der Waals surface area contributed by atoms with Gasteiger partial charge in [-0.25, -0.2) is 4.79 Å². The van der Waals surface area contributed by atoms with Crippen LogP contribution in [0, 0.1) is 5.41 Å². The number of amidine groups is 1. The highest BCUT2D eigenvalue weighted by Crippen LogP contribution is 2.19. The largest absolute Gasteiger partial charge is 0.462 e. The second kappa shape index (κ2) is 5.58. The summed E-state index contributed by atoms with van der Waals surface area (Å²) < 4.78 is 5.34. The van der Waals surface area contributed by atoms with Crippen LogP contribution in [0.1, 0.15) is 32.1 Å². The lowest BCUT2D eigenvalue weighted by Gasteiger charge is -2.23. The molecule has 0 aliphatic heterocycles. The van der Waals surface area contributed by atoms with Gasteiger partial charge >= 0.3 is 6.03 Å². The van der Waals surface area contributed by atoms with Crippen LogP contribution in [-0.4, -0.2) is 37.2 Å². The van der Waals surface area contributed by atoms with Crippen LogP contribution in [0.15, 0.2) is 0 Å². The number of nitrogens with zero attached hydrogens (tertiary/aromatic N) is 1. The number of ether oxygens (including phenoxy) is 1. The summed E-state index contributed by atoms with van der Waals surface area (Å²) in [6.07, 6.45) is 5.63. The van der Waals surface area contributed by atoms with Crippen molar-refractivity contribution in [3.05, 3.63) is 0 Å². The molecule has 0 saturated heterocycles. The van der Waals surface area contributed by atoms with Crippen molar-refractivity contribution in [1.82, 2.24) is 10.2 Å². The van der Waals surface area contributed by atoms with E-state index in [0.717, 1.165) is 25.7 Å². The molecule has 0 aromatic rings. The van der Waals surface area contributed by atoms with Crippen molar-refractivity contribution in [1.29, 1.82) is 5.41 Å². The van der Waals surface area contributed by atoms with Gasteiger partial charge in [0, 0.05) is 14.1 Å². The van der Waals surface area contributed by atoms with Gasteiger partial charge in [-0.1, -0.05) is 6.42 Å². The molecule has 0 atom stereocenters. The molecule has 0 bridgehead atoms. The fourth-order valence-electron chi connectivity index (χ4n) is 1.59. The fourth-order valence-corrected chi connectivity index (χ4v) is 1.59. The number of urea groups is 1. The highest BCUT2D eigenvalue weighted by atomic mass is 16.5. The van der Waals surface area contributed by atoms with Crippen molar-refractivity contribution < 1.29 is 9.53 Å². The third kappa shape index (κ3) is 4.18. The summed E-state index contributed by atoms with van der Waals surface area (Å²) in [5, 5.41) is 9.84. The van der Waals surface area contributed by atoms with Gasteiger partial charge in [-0.2, -0.15) is 0 Å². The monoisotopic (exact) mass is 213 g/mol. The molecular weight excluding hydrogens is 194 g/mol. The first-order chi connectivity index (χ1) is 7.09. The van der Waals surface area contributed by atoms with Crippen LogP contribution in [0.2, 0.25) is 0 Å². The predicted molar refractivity (Wildman–Crippen MR) is 57.9 cm³/mol. The van der Waals surface area contributed by atoms with E-state index in [1.54, 1.807) is 14.1 Å². The minimum Gasteiger partial charge on any atom is -0.462 e. The molecule has 2 amide bonds. The maximum Gasteiger partial charge on any atom is 0.324 e. The zero-order valence-corrected chi connectivity index (χ0v) is 9.38. The molecule has 1 fully saturated rings. The second-order valence-electron chi connectivity index (χ2n) is 4.03. The molecule has 1 aliphatic carbocycles. The van der Waals surface area contributed by atoms with E-state index in [9.17, 15) is 4.79 Å². The van der Waals surface area contributed by atoms with Gasteiger partial charge in [0.2, 0.25) is 0 Å². The molecule has 5 nitrogen and oxygen atoms in total. The molecule has 0 radical (unpaired) electrons. The molecule has 2 N–H and O–H groups in total. The van der Waals surface area contributed by atoms with Crippen molar-refractivity contribution in [2.45, 2.75) is 38.2 Å². The predicted octanol–water partition coefficient (Wildman–Crippen LogP) is 1.54. The van der Waals surface area contributed by atoms with Crippen molar-refractivity contribution in [3.8, 4) is 0 Å². The Morgan fingerprint density at radius 1 is 1.33 bits per heavy atom. The van der Waals surface area contributed by atoms with E-state index < -0.39 is 0 Å². The molecular formula is C10H19N3O2. The standard InChI is InChI=1S/C10H19N3O2/c1-13(2)10(14)12-9(11)15-8-6-4-3-5-7-8/h8H,3-7H2,1-2H3,(H2,11,12,14). The summed E-state index contributed by atoms with van der Waals surface area (Å²) in [7, 11) is 3.26. The maximum absolute atomic E-state index is 11.2. The van der Waals surface area contributed by atoms with Gasteiger partial charge in [0.05, 0.1) is 0 Å². The Labute approximate surface area is 90.3 Å². The number of carbonyl (C=O) groups is 1. The highest BCUT2D eigenvalue weighted by Gasteiger charge is 2.17. The second-order valence-corrected chi connectivity index (χ2v) is 4.03. The smallest absolute Gasteiger partial charge is 0.324 e. The number of hydrogen-bond acceptors (Lipinski definition) is 3. The molecule has 5 heteroatoms. The minimum atomic E-state index is -0.323. The molecule has 0 aromatic heterocycles. The molecule has 0 heterocycles. The molecule has 0 unspecified atom stereocenters. The van der Waals surface area contributed by atoms with Gasteiger partial charge in [0.15, 0.2) is 0 Å². The van der Waals surface area contributed by atoms with E-state index in [0.29, 0.717) is 0 Å². The van der Waals surface area contributed by atoms with Crippen LogP contribution < -0.4 is 5.32 Å². The molecule has 0 spiro atoms. The zero-order valence-electron chi connectivity index (χ0n) is 9.38. The van der Waals surface area contributed by atoms with Gasteiger partial charge in [0.1, 0.15) is 6.10 Å². The first-order valence-corrected chi connectivity index (χ1v) is 5.33. The summed E-state index contributed by atoms with van der Waals surface area (Å²) in [5.41, 5.74) is 0. The highest BCUT2D eigenvalue weighted by molar-refractivity contribution is 5.91. The summed E-state index contributed by atoms with van der Waals surface area (Å²) >= 11 is 0. The Morgan fingerprint density at radius 2 is 1.93 bits per heavy atom.